The Morgan fingerprint density at radius 3 is 2.79 bits per heavy atom. The van der Waals surface area contributed by atoms with Gasteiger partial charge in [0.2, 0.25) is 0 Å². The number of hydrogen-bond donors (Lipinski definition) is 2. The summed E-state index contributed by atoms with van der Waals surface area (Å²) in [7, 11) is 0. The van der Waals surface area contributed by atoms with Crippen molar-refractivity contribution in [3.8, 4) is 0 Å². The molecule has 3 heteroatoms. The minimum atomic E-state index is -0.177. The van der Waals surface area contributed by atoms with E-state index in [0.29, 0.717) is 12.1 Å². The van der Waals surface area contributed by atoms with Crippen molar-refractivity contribution in [1.82, 2.24) is 5.32 Å². The van der Waals surface area contributed by atoms with Gasteiger partial charge >= 0.3 is 0 Å². The highest BCUT2D eigenvalue weighted by molar-refractivity contribution is 5.23. The van der Waals surface area contributed by atoms with E-state index in [0.717, 1.165) is 5.56 Å². The first-order chi connectivity index (χ1) is 6.63. The molecule has 78 valence electrons. The van der Waals surface area contributed by atoms with Crippen LogP contribution in [0.25, 0.3) is 0 Å². The predicted molar refractivity (Wildman–Crippen MR) is 54.5 cm³/mol. The van der Waals surface area contributed by atoms with Crippen molar-refractivity contribution >= 4 is 0 Å². The first kappa shape index (κ1) is 11.1. The third-order valence-corrected chi connectivity index (χ3v) is 2.15. The average molecular weight is 197 g/mol. The van der Waals surface area contributed by atoms with Crippen LogP contribution in [-0.4, -0.2) is 17.8 Å². The number of benzene rings is 1. The summed E-state index contributed by atoms with van der Waals surface area (Å²) < 4.78 is 12.9. The van der Waals surface area contributed by atoms with Gasteiger partial charge in [0.1, 0.15) is 5.82 Å². The van der Waals surface area contributed by atoms with E-state index in [2.05, 4.69) is 5.32 Å². The highest BCUT2D eigenvalue weighted by Crippen LogP contribution is 2.08. The molecule has 0 aromatic heterocycles. The van der Waals surface area contributed by atoms with Crippen LogP contribution in [0.5, 0.6) is 0 Å². The predicted octanol–water partition coefficient (Wildman–Crippen LogP) is 1.60. The van der Waals surface area contributed by atoms with Gasteiger partial charge in [-0.2, -0.15) is 0 Å². The van der Waals surface area contributed by atoms with Crippen LogP contribution < -0.4 is 5.32 Å². The van der Waals surface area contributed by atoms with Gasteiger partial charge in [0, 0.05) is 12.6 Å². The van der Waals surface area contributed by atoms with E-state index >= 15 is 0 Å². The average Bonchev–Trinajstić information content (AvgIpc) is 2.19. The number of rotatable bonds is 4. The molecule has 0 amide bonds. The van der Waals surface area contributed by atoms with E-state index < -0.39 is 0 Å². The molecule has 0 aliphatic heterocycles. The molecule has 0 spiro atoms. The highest BCUT2D eigenvalue weighted by atomic mass is 19.1. The van der Waals surface area contributed by atoms with Crippen molar-refractivity contribution in [3.63, 3.8) is 0 Å². The van der Waals surface area contributed by atoms with Crippen molar-refractivity contribution in [3.05, 3.63) is 35.1 Å². The minimum absolute atomic E-state index is 0.0698. The van der Waals surface area contributed by atoms with Crippen molar-refractivity contribution in [2.45, 2.75) is 26.4 Å². The van der Waals surface area contributed by atoms with Crippen LogP contribution in [0.1, 0.15) is 18.1 Å². The largest absolute Gasteiger partial charge is 0.395 e. The fourth-order valence-corrected chi connectivity index (χ4v) is 1.17. The first-order valence-corrected chi connectivity index (χ1v) is 4.72. The Labute approximate surface area is 83.8 Å². The summed E-state index contributed by atoms with van der Waals surface area (Å²) in [5.41, 5.74) is 1.69. The SMILES string of the molecule is Cc1cc(CN[C@H](C)CO)ccc1F. The zero-order chi connectivity index (χ0) is 10.6. The number of aryl methyl sites for hydroxylation is 1. The zero-order valence-electron chi connectivity index (χ0n) is 8.55. The lowest BCUT2D eigenvalue weighted by Crippen LogP contribution is -2.28. The van der Waals surface area contributed by atoms with Crippen LogP contribution in [0.15, 0.2) is 18.2 Å². The molecule has 1 rings (SSSR count). The normalized spacial score (nSPS) is 12.9. The lowest BCUT2D eigenvalue weighted by molar-refractivity contribution is 0.251. The maximum atomic E-state index is 12.9. The molecule has 1 aromatic rings. The van der Waals surface area contributed by atoms with E-state index in [9.17, 15) is 4.39 Å². The molecule has 1 atom stereocenters. The number of aliphatic hydroxyl groups is 1. The van der Waals surface area contributed by atoms with E-state index in [1.165, 1.54) is 6.07 Å². The quantitative estimate of drug-likeness (QED) is 0.768. The van der Waals surface area contributed by atoms with Gasteiger partial charge in [0.15, 0.2) is 0 Å². The summed E-state index contributed by atoms with van der Waals surface area (Å²) in [5.74, 6) is -0.177. The third-order valence-electron chi connectivity index (χ3n) is 2.15. The number of hydrogen-bond acceptors (Lipinski definition) is 2. The van der Waals surface area contributed by atoms with Crippen LogP contribution in [0.3, 0.4) is 0 Å². The molecule has 0 radical (unpaired) electrons. The van der Waals surface area contributed by atoms with Gasteiger partial charge in [-0.25, -0.2) is 4.39 Å². The standard InChI is InChI=1S/C11H16FNO/c1-8-5-10(3-4-11(8)12)6-13-9(2)7-14/h3-5,9,13-14H,6-7H2,1-2H3/t9-/m1/s1. The van der Waals surface area contributed by atoms with E-state index in [1.807, 2.05) is 13.0 Å². The molecule has 0 heterocycles. The monoisotopic (exact) mass is 197 g/mol. The molecule has 0 aliphatic rings. The Hall–Kier alpha value is -0.930. The van der Waals surface area contributed by atoms with Gasteiger partial charge in [0.05, 0.1) is 6.61 Å². The summed E-state index contributed by atoms with van der Waals surface area (Å²) in [6.45, 7) is 4.41. The Morgan fingerprint density at radius 2 is 2.21 bits per heavy atom. The molecule has 2 N–H and O–H groups in total. The molecule has 0 bridgehead atoms. The van der Waals surface area contributed by atoms with E-state index in [4.69, 9.17) is 5.11 Å². The zero-order valence-corrected chi connectivity index (χ0v) is 8.55. The third kappa shape index (κ3) is 3.09. The lowest BCUT2D eigenvalue weighted by atomic mass is 10.1. The van der Waals surface area contributed by atoms with Crippen LogP contribution in [-0.2, 0) is 6.54 Å². The number of halogens is 1. The molecule has 0 fully saturated rings. The maximum Gasteiger partial charge on any atom is 0.126 e. The summed E-state index contributed by atoms with van der Waals surface area (Å²) in [5, 5.41) is 11.9. The van der Waals surface area contributed by atoms with Crippen LogP contribution in [0, 0.1) is 12.7 Å². The van der Waals surface area contributed by atoms with Crippen molar-refractivity contribution in [2.24, 2.45) is 0 Å². The Balaban J connectivity index is 2.55. The Morgan fingerprint density at radius 1 is 1.50 bits per heavy atom. The van der Waals surface area contributed by atoms with Crippen LogP contribution in [0.4, 0.5) is 4.39 Å². The Bertz CT molecular complexity index is 301. The van der Waals surface area contributed by atoms with E-state index in [-0.39, 0.29) is 18.5 Å². The van der Waals surface area contributed by atoms with Crippen molar-refractivity contribution in [2.75, 3.05) is 6.61 Å². The van der Waals surface area contributed by atoms with Crippen LogP contribution in [0.2, 0.25) is 0 Å². The molecular formula is C11H16FNO. The molecule has 0 saturated carbocycles. The van der Waals surface area contributed by atoms with Crippen molar-refractivity contribution in [1.29, 1.82) is 0 Å². The lowest BCUT2D eigenvalue weighted by Gasteiger charge is -2.10. The smallest absolute Gasteiger partial charge is 0.126 e. The van der Waals surface area contributed by atoms with Gasteiger partial charge in [0.25, 0.3) is 0 Å². The second-order valence-corrected chi connectivity index (χ2v) is 3.55. The number of nitrogens with one attached hydrogen (secondary N) is 1. The summed E-state index contributed by atoms with van der Waals surface area (Å²) in [6, 6.07) is 5.10. The van der Waals surface area contributed by atoms with Gasteiger partial charge in [-0.05, 0) is 31.0 Å². The summed E-state index contributed by atoms with van der Waals surface area (Å²) in [6.07, 6.45) is 0. The topological polar surface area (TPSA) is 32.3 Å². The van der Waals surface area contributed by atoms with Gasteiger partial charge in [-0.15, -0.1) is 0 Å². The Kier molecular flexibility index (Phi) is 4.04. The van der Waals surface area contributed by atoms with Crippen molar-refractivity contribution < 1.29 is 9.50 Å². The molecule has 0 saturated heterocycles. The molecule has 2 nitrogen and oxygen atoms in total. The number of aliphatic hydroxyl groups excluding tert-OH is 1. The first-order valence-electron chi connectivity index (χ1n) is 4.72. The van der Waals surface area contributed by atoms with Gasteiger partial charge in [-0.3, -0.25) is 0 Å². The van der Waals surface area contributed by atoms with E-state index in [1.54, 1.807) is 13.0 Å². The molecule has 0 aliphatic carbocycles. The fraction of sp³-hybridized carbons (Fsp3) is 0.455. The highest BCUT2D eigenvalue weighted by Gasteiger charge is 2.01. The maximum absolute atomic E-state index is 12.9. The molecular weight excluding hydrogens is 181 g/mol. The van der Waals surface area contributed by atoms with Gasteiger partial charge in [-0.1, -0.05) is 12.1 Å². The van der Waals surface area contributed by atoms with Crippen LogP contribution >= 0.6 is 0 Å². The van der Waals surface area contributed by atoms with Gasteiger partial charge < -0.3 is 10.4 Å². The second kappa shape index (κ2) is 5.08. The minimum Gasteiger partial charge on any atom is -0.395 e. The molecule has 0 unspecified atom stereocenters. The molecule has 1 aromatic carbocycles. The molecule has 14 heavy (non-hydrogen) atoms. The second-order valence-electron chi connectivity index (χ2n) is 3.55. The fourth-order valence-electron chi connectivity index (χ4n) is 1.17. The summed E-state index contributed by atoms with van der Waals surface area (Å²) >= 11 is 0. The summed E-state index contributed by atoms with van der Waals surface area (Å²) in [4.78, 5) is 0.